The van der Waals surface area contributed by atoms with E-state index in [0.717, 1.165) is 24.6 Å². The zero-order valence-electron chi connectivity index (χ0n) is 14.4. The molecule has 2 aromatic rings. The first-order valence-corrected chi connectivity index (χ1v) is 8.18. The molecule has 0 saturated carbocycles. The largest absolute Gasteiger partial charge is 0.358 e. The normalized spacial score (nSPS) is 21.6. The van der Waals surface area contributed by atoms with E-state index in [4.69, 9.17) is 0 Å². The minimum atomic E-state index is 0.422. The number of rotatable bonds is 4. The Kier molecular flexibility index (Phi) is 4.57. The molecule has 0 unspecified atom stereocenters. The Hall–Kier alpha value is -2.01. The van der Waals surface area contributed by atoms with E-state index in [1.807, 2.05) is 25.4 Å². The lowest BCUT2D eigenvalue weighted by molar-refractivity contribution is 0.278. The first-order chi connectivity index (χ1) is 11.1. The molecule has 1 aliphatic heterocycles. The van der Waals surface area contributed by atoms with Crippen LogP contribution >= 0.6 is 0 Å². The Labute approximate surface area is 138 Å². The standard InChI is InChI=1S/C18H25N5/c1-13-10-17(21-20-14(13)2)23(4)12-16-7-9-22(3)18(16)15-6-5-8-19-11-15/h5-6,8,10-11,16,18H,7,9,12H2,1-4H3/t16-,18-/m0/s1. The molecule has 5 nitrogen and oxygen atoms in total. The van der Waals surface area contributed by atoms with Gasteiger partial charge in [-0.25, -0.2) is 0 Å². The molecule has 0 aromatic carbocycles. The van der Waals surface area contributed by atoms with Crippen molar-refractivity contribution in [2.75, 3.05) is 32.1 Å². The lowest BCUT2D eigenvalue weighted by Crippen LogP contribution is -2.30. The van der Waals surface area contributed by atoms with Crippen LogP contribution in [0.5, 0.6) is 0 Å². The second kappa shape index (κ2) is 6.62. The number of likely N-dealkylation sites (tertiary alicyclic amines) is 1. The van der Waals surface area contributed by atoms with Crippen molar-refractivity contribution in [1.29, 1.82) is 0 Å². The van der Waals surface area contributed by atoms with E-state index in [1.165, 1.54) is 17.5 Å². The summed E-state index contributed by atoms with van der Waals surface area (Å²) in [4.78, 5) is 8.96. The van der Waals surface area contributed by atoms with Gasteiger partial charge in [0.15, 0.2) is 5.82 Å². The highest BCUT2D eigenvalue weighted by atomic mass is 15.3. The monoisotopic (exact) mass is 311 g/mol. The van der Waals surface area contributed by atoms with Gasteiger partial charge in [0.25, 0.3) is 0 Å². The first-order valence-electron chi connectivity index (χ1n) is 8.18. The predicted molar refractivity (Wildman–Crippen MR) is 92.5 cm³/mol. The molecule has 0 N–H and O–H groups in total. The molecule has 0 amide bonds. The van der Waals surface area contributed by atoms with E-state index in [9.17, 15) is 0 Å². The summed E-state index contributed by atoms with van der Waals surface area (Å²) in [5.41, 5.74) is 3.49. The van der Waals surface area contributed by atoms with Crippen LogP contribution in [0, 0.1) is 19.8 Å². The summed E-state index contributed by atoms with van der Waals surface area (Å²) >= 11 is 0. The molecule has 2 aromatic heterocycles. The van der Waals surface area contributed by atoms with Crippen LogP contribution in [0.3, 0.4) is 0 Å². The van der Waals surface area contributed by atoms with Gasteiger partial charge >= 0.3 is 0 Å². The first kappa shape index (κ1) is 15.9. The maximum absolute atomic E-state index is 4.35. The van der Waals surface area contributed by atoms with Gasteiger partial charge in [0.05, 0.1) is 5.69 Å². The highest BCUT2D eigenvalue weighted by molar-refractivity contribution is 5.40. The molecule has 0 spiro atoms. The van der Waals surface area contributed by atoms with Gasteiger partial charge in [0.2, 0.25) is 0 Å². The average molecular weight is 311 g/mol. The third kappa shape index (κ3) is 3.34. The van der Waals surface area contributed by atoms with Crippen LogP contribution in [0.2, 0.25) is 0 Å². The number of aromatic nitrogens is 3. The van der Waals surface area contributed by atoms with Gasteiger partial charge in [-0.15, -0.1) is 5.10 Å². The van der Waals surface area contributed by atoms with Crippen LogP contribution in [-0.2, 0) is 0 Å². The number of hydrogen-bond acceptors (Lipinski definition) is 5. The highest BCUT2D eigenvalue weighted by Crippen LogP contribution is 2.36. The van der Waals surface area contributed by atoms with Crippen LogP contribution in [0.4, 0.5) is 5.82 Å². The zero-order chi connectivity index (χ0) is 16.4. The fourth-order valence-corrected chi connectivity index (χ4v) is 3.46. The summed E-state index contributed by atoms with van der Waals surface area (Å²) in [6, 6.07) is 6.75. The van der Waals surface area contributed by atoms with Crippen molar-refractivity contribution in [1.82, 2.24) is 20.1 Å². The quantitative estimate of drug-likeness (QED) is 0.868. The van der Waals surface area contributed by atoms with E-state index in [0.29, 0.717) is 12.0 Å². The maximum Gasteiger partial charge on any atom is 0.151 e. The van der Waals surface area contributed by atoms with E-state index in [-0.39, 0.29) is 0 Å². The molecule has 1 aliphatic rings. The number of hydrogen-bond donors (Lipinski definition) is 0. The molecule has 3 heterocycles. The number of aryl methyl sites for hydroxylation is 2. The number of nitrogens with zero attached hydrogens (tertiary/aromatic N) is 5. The molecule has 0 radical (unpaired) electrons. The summed E-state index contributed by atoms with van der Waals surface area (Å²) in [5, 5.41) is 8.60. The summed E-state index contributed by atoms with van der Waals surface area (Å²) < 4.78 is 0. The molecule has 3 rings (SSSR count). The van der Waals surface area contributed by atoms with Gasteiger partial charge in [0.1, 0.15) is 0 Å². The van der Waals surface area contributed by atoms with Gasteiger partial charge in [-0.1, -0.05) is 6.07 Å². The minimum Gasteiger partial charge on any atom is -0.358 e. The lowest BCUT2D eigenvalue weighted by atomic mass is 9.94. The van der Waals surface area contributed by atoms with Gasteiger partial charge in [0, 0.05) is 32.0 Å². The van der Waals surface area contributed by atoms with Crippen molar-refractivity contribution in [3.8, 4) is 0 Å². The third-order valence-corrected chi connectivity index (χ3v) is 4.92. The van der Waals surface area contributed by atoms with Crippen molar-refractivity contribution in [2.45, 2.75) is 26.3 Å². The van der Waals surface area contributed by atoms with Gasteiger partial charge in [-0.05, 0) is 63.0 Å². The third-order valence-electron chi connectivity index (χ3n) is 4.92. The molecule has 2 atom stereocenters. The van der Waals surface area contributed by atoms with Crippen LogP contribution < -0.4 is 4.90 Å². The van der Waals surface area contributed by atoms with Crippen molar-refractivity contribution >= 4 is 5.82 Å². The molecule has 1 saturated heterocycles. The highest BCUT2D eigenvalue weighted by Gasteiger charge is 2.34. The predicted octanol–water partition coefficient (Wildman–Crippen LogP) is 2.62. The van der Waals surface area contributed by atoms with E-state index in [2.05, 4.69) is 58.1 Å². The SMILES string of the molecule is Cc1cc(N(C)C[C@@H]2CCN(C)[C@H]2c2cccnc2)nnc1C. The van der Waals surface area contributed by atoms with Crippen molar-refractivity contribution < 1.29 is 0 Å². The zero-order valence-corrected chi connectivity index (χ0v) is 14.4. The Balaban J connectivity index is 1.76. The Bertz CT molecular complexity index is 658. The molecule has 5 heteroatoms. The minimum absolute atomic E-state index is 0.422. The Morgan fingerprint density at radius 3 is 2.83 bits per heavy atom. The van der Waals surface area contributed by atoms with Gasteiger partial charge < -0.3 is 4.90 Å². The maximum atomic E-state index is 4.35. The molecule has 122 valence electrons. The van der Waals surface area contributed by atoms with E-state index >= 15 is 0 Å². The molecule has 0 bridgehead atoms. The fourth-order valence-electron chi connectivity index (χ4n) is 3.46. The van der Waals surface area contributed by atoms with Crippen molar-refractivity contribution in [2.24, 2.45) is 5.92 Å². The second-order valence-corrected chi connectivity index (χ2v) is 6.61. The topological polar surface area (TPSA) is 45.2 Å². The summed E-state index contributed by atoms with van der Waals surface area (Å²) in [6.45, 7) is 6.18. The molecule has 1 fully saturated rings. The number of pyridine rings is 1. The smallest absolute Gasteiger partial charge is 0.151 e. The van der Waals surface area contributed by atoms with Crippen LogP contribution in [0.15, 0.2) is 30.6 Å². The fraction of sp³-hybridized carbons (Fsp3) is 0.500. The van der Waals surface area contributed by atoms with Crippen LogP contribution in [0.1, 0.15) is 29.3 Å². The Morgan fingerprint density at radius 2 is 2.13 bits per heavy atom. The van der Waals surface area contributed by atoms with Crippen molar-refractivity contribution in [3.05, 3.63) is 47.4 Å². The number of anilines is 1. The Morgan fingerprint density at radius 1 is 1.30 bits per heavy atom. The van der Waals surface area contributed by atoms with E-state index in [1.54, 1.807) is 0 Å². The summed E-state index contributed by atoms with van der Waals surface area (Å²) in [6.07, 6.45) is 5.03. The van der Waals surface area contributed by atoms with Gasteiger partial charge in [-0.2, -0.15) is 5.10 Å². The summed E-state index contributed by atoms with van der Waals surface area (Å²) in [7, 11) is 4.31. The molecular weight excluding hydrogens is 286 g/mol. The molecule has 0 aliphatic carbocycles. The van der Waals surface area contributed by atoms with Crippen LogP contribution in [0.25, 0.3) is 0 Å². The van der Waals surface area contributed by atoms with Crippen molar-refractivity contribution in [3.63, 3.8) is 0 Å². The molecule has 23 heavy (non-hydrogen) atoms. The van der Waals surface area contributed by atoms with Gasteiger partial charge in [-0.3, -0.25) is 9.88 Å². The van der Waals surface area contributed by atoms with E-state index < -0.39 is 0 Å². The average Bonchev–Trinajstić information content (AvgIpc) is 2.91. The summed E-state index contributed by atoms with van der Waals surface area (Å²) in [5.74, 6) is 1.52. The van der Waals surface area contributed by atoms with Crippen LogP contribution in [-0.4, -0.2) is 47.3 Å². The lowest BCUT2D eigenvalue weighted by Gasteiger charge is -2.29. The second-order valence-electron chi connectivity index (χ2n) is 6.61. The molecular formula is C18H25N5.